The third-order valence-corrected chi connectivity index (χ3v) is 5.63. The Morgan fingerprint density at radius 1 is 1.35 bits per heavy atom. The van der Waals surface area contributed by atoms with Crippen molar-refractivity contribution >= 4 is 5.91 Å². The number of amides is 1. The predicted molar refractivity (Wildman–Crippen MR) is 89.2 cm³/mol. The average Bonchev–Trinajstić information content (AvgIpc) is 2.93. The molecule has 1 saturated heterocycles. The summed E-state index contributed by atoms with van der Waals surface area (Å²) in [6.45, 7) is 2.82. The number of methoxy groups -OCH3 is 1. The third kappa shape index (κ3) is 3.29. The molecular weight excluding hydrogens is 290 g/mol. The van der Waals surface area contributed by atoms with Gasteiger partial charge in [0.15, 0.2) is 0 Å². The van der Waals surface area contributed by atoms with Crippen molar-refractivity contribution in [3.63, 3.8) is 0 Å². The maximum Gasteiger partial charge on any atom is 0.223 e. The first kappa shape index (κ1) is 16.5. The Balaban J connectivity index is 1.64. The lowest BCUT2D eigenvalue weighted by atomic mass is 9.79. The minimum Gasteiger partial charge on any atom is -0.393 e. The zero-order valence-electron chi connectivity index (χ0n) is 14.1. The lowest BCUT2D eigenvalue weighted by Gasteiger charge is -2.42. The first-order valence-corrected chi connectivity index (χ1v) is 8.62. The van der Waals surface area contributed by atoms with Crippen molar-refractivity contribution in [1.82, 2.24) is 4.90 Å². The Morgan fingerprint density at radius 2 is 2.09 bits per heavy atom. The summed E-state index contributed by atoms with van der Waals surface area (Å²) in [5, 5.41) is 10.0. The minimum absolute atomic E-state index is 0.0294. The summed E-state index contributed by atoms with van der Waals surface area (Å²) in [6.07, 6.45) is 4.13. The number of carbonyl (C=O) groups is 1. The van der Waals surface area contributed by atoms with Crippen LogP contribution in [0, 0.1) is 6.92 Å². The molecule has 1 aliphatic heterocycles. The van der Waals surface area contributed by atoms with Gasteiger partial charge in [-0.15, -0.1) is 0 Å². The van der Waals surface area contributed by atoms with Crippen LogP contribution in [0.25, 0.3) is 0 Å². The van der Waals surface area contributed by atoms with Gasteiger partial charge < -0.3 is 14.7 Å². The van der Waals surface area contributed by atoms with E-state index in [0.717, 1.165) is 32.2 Å². The van der Waals surface area contributed by atoms with Crippen LogP contribution in [0.1, 0.15) is 43.2 Å². The van der Waals surface area contributed by atoms with Gasteiger partial charge in [-0.2, -0.15) is 0 Å². The Kier molecular flexibility index (Phi) is 4.74. The van der Waals surface area contributed by atoms with E-state index in [-0.39, 0.29) is 23.7 Å². The number of nitrogens with zero attached hydrogens (tertiary/aromatic N) is 1. The normalized spacial score (nSPS) is 30.3. The Morgan fingerprint density at radius 3 is 2.78 bits per heavy atom. The molecule has 0 unspecified atom stereocenters. The van der Waals surface area contributed by atoms with E-state index in [1.807, 2.05) is 4.90 Å². The highest BCUT2D eigenvalue weighted by Crippen LogP contribution is 2.42. The van der Waals surface area contributed by atoms with Gasteiger partial charge >= 0.3 is 0 Å². The van der Waals surface area contributed by atoms with Crippen molar-refractivity contribution in [1.29, 1.82) is 0 Å². The van der Waals surface area contributed by atoms with Crippen LogP contribution in [-0.4, -0.2) is 47.3 Å². The molecule has 2 fully saturated rings. The molecule has 3 atom stereocenters. The zero-order valence-corrected chi connectivity index (χ0v) is 14.1. The molecule has 4 nitrogen and oxygen atoms in total. The molecule has 2 aliphatic rings. The highest BCUT2D eigenvalue weighted by atomic mass is 16.5. The molecule has 1 saturated carbocycles. The van der Waals surface area contributed by atoms with E-state index in [9.17, 15) is 9.90 Å². The lowest BCUT2D eigenvalue weighted by Crippen LogP contribution is -2.52. The van der Waals surface area contributed by atoms with Crippen molar-refractivity contribution < 1.29 is 14.6 Å². The number of aryl methyl sites for hydroxylation is 2. The molecule has 0 radical (unpaired) electrons. The Hall–Kier alpha value is -1.39. The number of benzene rings is 1. The maximum atomic E-state index is 12.7. The number of ether oxygens (including phenoxy) is 1. The molecule has 3 rings (SSSR count). The van der Waals surface area contributed by atoms with Crippen molar-refractivity contribution in [2.24, 2.45) is 0 Å². The van der Waals surface area contributed by atoms with Crippen LogP contribution >= 0.6 is 0 Å². The number of aliphatic hydroxyl groups excluding tert-OH is 1. The van der Waals surface area contributed by atoms with E-state index in [1.165, 1.54) is 11.1 Å². The van der Waals surface area contributed by atoms with E-state index in [4.69, 9.17) is 4.74 Å². The molecule has 4 heteroatoms. The molecule has 0 bridgehead atoms. The minimum atomic E-state index is -0.311. The summed E-state index contributed by atoms with van der Waals surface area (Å²) in [6, 6.07) is 8.39. The van der Waals surface area contributed by atoms with E-state index in [2.05, 4.69) is 31.2 Å². The van der Waals surface area contributed by atoms with Gasteiger partial charge in [-0.3, -0.25) is 4.79 Å². The summed E-state index contributed by atoms with van der Waals surface area (Å²) in [7, 11) is 1.74. The fourth-order valence-corrected chi connectivity index (χ4v) is 4.12. The van der Waals surface area contributed by atoms with E-state index in [0.29, 0.717) is 12.8 Å². The summed E-state index contributed by atoms with van der Waals surface area (Å²) >= 11 is 0. The van der Waals surface area contributed by atoms with Gasteiger partial charge in [0.2, 0.25) is 5.91 Å². The molecule has 0 aromatic heterocycles. The Labute approximate surface area is 138 Å². The fourth-order valence-electron chi connectivity index (χ4n) is 4.12. The second-order valence-corrected chi connectivity index (χ2v) is 7.04. The molecular formula is C19H27NO3. The maximum absolute atomic E-state index is 12.7. The summed E-state index contributed by atoms with van der Waals surface area (Å²) in [5.74, 6) is 0.184. The molecule has 1 N–H and O–H groups in total. The van der Waals surface area contributed by atoms with Gasteiger partial charge in [0.25, 0.3) is 0 Å². The average molecular weight is 317 g/mol. The van der Waals surface area contributed by atoms with Crippen LogP contribution in [0.4, 0.5) is 0 Å². The molecule has 1 heterocycles. The standard InChI is InChI=1S/C19H27NO3/c1-14-3-5-15(6-4-14)7-8-18(22)20-12-11-19(23-2)10-9-16(21)13-17(19)20/h3-6,16-17,21H,7-13H2,1-2H3/t16-,17+,19-/m1/s1. The topological polar surface area (TPSA) is 49.8 Å². The van der Waals surface area contributed by atoms with Crippen molar-refractivity contribution in [3.05, 3.63) is 35.4 Å². The second-order valence-electron chi connectivity index (χ2n) is 7.04. The van der Waals surface area contributed by atoms with Crippen LogP contribution in [0.3, 0.4) is 0 Å². The van der Waals surface area contributed by atoms with Crippen molar-refractivity contribution in [2.75, 3.05) is 13.7 Å². The second kappa shape index (κ2) is 6.62. The highest BCUT2D eigenvalue weighted by molar-refractivity contribution is 5.77. The summed E-state index contributed by atoms with van der Waals surface area (Å²) in [5.41, 5.74) is 2.20. The van der Waals surface area contributed by atoms with Gasteiger partial charge in [-0.25, -0.2) is 0 Å². The largest absolute Gasteiger partial charge is 0.393 e. The first-order valence-electron chi connectivity index (χ1n) is 8.62. The molecule has 1 amide bonds. The van der Waals surface area contributed by atoms with Crippen molar-refractivity contribution in [2.45, 2.75) is 63.2 Å². The number of hydrogen-bond donors (Lipinski definition) is 1. The van der Waals surface area contributed by atoms with Crippen LogP contribution in [0.5, 0.6) is 0 Å². The first-order chi connectivity index (χ1) is 11.0. The van der Waals surface area contributed by atoms with Gasteiger partial charge in [0.05, 0.1) is 17.7 Å². The molecule has 126 valence electrons. The van der Waals surface area contributed by atoms with Crippen molar-refractivity contribution in [3.8, 4) is 0 Å². The zero-order chi connectivity index (χ0) is 16.4. The molecule has 1 aromatic carbocycles. The lowest BCUT2D eigenvalue weighted by molar-refractivity contribution is -0.139. The fraction of sp³-hybridized carbons (Fsp3) is 0.632. The highest BCUT2D eigenvalue weighted by Gasteiger charge is 2.52. The number of likely N-dealkylation sites (tertiary alicyclic amines) is 1. The van der Waals surface area contributed by atoms with E-state index < -0.39 is 0 Å². The Bertz CT molecular complexity index is 556. The number of fused-ring (bicyclic) bond motifs is 1. The van der Waals surface area contributed by atoms with Crippen LogP contribution < -0.4 is 0 Å². The van der Waals surface area contributed by atoms with Crippen LogP contribution in [-0.2, 0) is 16.0 Å². The van der Waals surface area contributed by atoms with E-state index in [1.54, 1.807) is 7.11 Å². The molecule has 23 heavy (non-hydrogen) atoms. The summed E-state index contributed by atoms with van der Waals surface area (Å²) in [4.78, 5) is 14.7. The monoisotopic (exact) mass is 317 g/mol. The van der Waals surface area contributed by atoms with Gasteiger partial charge in [-0.1, -0.05) is 29.8 Å². The summed E-state index contributed by atoms with van der Waals surface area (Å²) < 4.78 is 5.80. The number of carbonyl (C=O) groups excluding carboxylic acids is 1. The van der Waals surface area contributed by atoms with E-state index >= 15 is 0 Å². The molecule has 1 aliphatic carbocycles. The van der Waals surface area contributed by atoms with Crippen LogP contribution in [0.2, 0.25) is 0 Å². The number of rotatable bonds is 4. The third-order valence-electron chi connectivity index (χ3n) is 5.63. The molecule has 1 aromatic rings. The molecule has 0 spiro atoms. The number of aliphatic hydroxyl groups is 1. The van der Waals surface area contributed by atoms with Gasteiger partial charge in [0.1, 0.15) is 0 Å². The smallest absolute Gasteiger partial charge is 0.223 e. The van der Waals surface area contributed by atoms with Crippen LogP contribution in [0.15, 0.2) is 24.3 Å². The number of hydrogen-bond acceptors (Lipinski definition) is 3. The van der Waals surface area contributed by atoms with Gasteiger partial charge in [-0.05, 0) is 44.6 Å². The SMILES string of the molecule is CO[C@@]12CC[C@@H](O)C[C@@H]1N(C(=O)CCc1ccc(C)cc1)CC2. The van der Waals surface area contributed by atoms with Gasteiger partial charge in [0, 0.05) is 20.1 Å². The predicted octanol–water partition coefficient (Wildman–Crippen LogP) is 2.46. The quantitative estimate of drug-likeness (QED) is 0.928.